The third kappa shape index (κ3) is 1.33. The molecule has 3 heterocycles. The Kier molecular flexibility index (Phi) is 2.06. The van der Waals surface area contributed by atoms with Gasteiger partial charge in [0.1, 0.15) is 12.4 Å². The highest BCUT2D eigenvalue weighted by atomic mass is 16.5. The van der Waals surface area contributed by atoms with Crippen molar-refractivity contribution in [2.24, 2.45) is 0 Å². The smallest absolute Gasteiger partial charge is 0.167 e. The average Bonchev–Trinajstić information content (AvgIpc) is 3.01. The lowest BCUT2D eigenvalue weighted by atomic mass is 10.1. The summed E-state index contributed by atoms with van der Waals surface area (Å²) in [5.74, 6) is 2.93. The number of anilines is 1. The SMILES string of the molecule is c1cc2c(c(-c3nnc4n3CCC4)c1)OCCN2. The van der Waals surface area contributed by atoms with Crippen LogP contribution in [0.4, 0.5) is 5.69 Å². The van der Waals surface area contributed by atoms with Gasteiger partial charge in [0, 0.05) is 19.5 Å². The van der Waals surface area contributed by atoms with Crippen LogP contribution < -0.4 is 10.1 Å². The molecule has 0 bridgehead atoms. The highest BCUT2D eigenvalue weighted by Gasteiger charge is 2.23. The summed E-state index contributed by atoms with van der Waals surface area (Å²) in [6.45, 7) is 2.56. The van der Waals surface area contributed by atoms with Crippen LogP contribution in [0.2, 0.25) is 0 Å². The van der Waals surface area contributed by atoms with Crippen molar-refractivity contribution in [3.63, 3.8) is 0 Å². The minimum Gasteiger partial charge on any atom is -0.489 e. The first-order valence-corrected chi connectivity index (χ1v) is 6.35. The summed E-state index contributed by atoms with van der Waals surface area (Å²) in [7, 11) is 0. The lowest BCUT2D eigenvalue weighted by Gasteiger charge is -2.21. The number of fused-ring (bicyclic) bond motifs is 2. The number of para-hydroxylation sites is 1. The van der Waals surface area contributed by atoms with Gasteiger partial charge in [0.25, 0.3) is 0 Å². The molecular formula is C13H14N4O. The first-order chi connectivity index (χ1) is 8.93. The van der Waals surface area contributed by atoms with Gasteiger partial charge in [-0.1, -0.05) is 6.07 Å². The predicted molar refractivity (Wildman–Crippen MR) is 67.8 cm³/mol. The number of nitrogens with one attached hydrogen (secondary N) is 1. The van der Waals surface area contributed by atoms with E-state index in [4.69, 9.17) is 4.74 Å². The maximum atomic E-state index is 5.79. The summed E-state index contributed by atoms with van der Waals surface area (Å²) in [6, 6.07) is 6.13. The fraction of sp³-hybridized carbons (Fsp3) is 0.385. The summed E-state index contributed by atoms with van der Waals surface area (Å²) < 4.78 is 8.00. The van der Waals surface area contributed by atoms with Gasteiger partial charge in [0.2, 0.25) is 0 Å². The molecule has 1 aromatic heterocycles. The second-order valence-corrected chi connectivity index (χ2v) is 4.65. The molecule has 0 saturated heterocycles. The van der Waals surface area contributed by atoms with Gasteiger partial charge in [-0.15, -0.1) is 10.2 Å². The maximum Gasteiger partial charge on any atom is 0.167 e. The fourth-order valence-electron chi connectivity index (χ4n) is 2.70. The number of ether oxygens (including phenoxy) is 1. The second-order valence-electron chi connectivity index (χ2n) is 4.65. The van der Waals surface area contributed by atoms with Crippen molar-refractivity contribution in [3.8, 4) is 17.1 Å². The van der Waals surface area contributed by atoms with E-state index in [1.54, 1.807) is 0 Å². The molecule has 0 fully saturated rings. The number of hydrogen-bond acceptors (Lipinski definition) is 4. The summed E-state index contributed by atoms with van der Waals surface area (Å²) in [5, 5.41) is 11.9. The highest BCUT2D eigenvalue weighted by Crippen LogP contribution is 2.38. The van der Waals surface area contributed by atoms with Crippen LogP contribution >= 0.6 is 0 Å². The van der Waals surface area contributed by atoms with Crippen molar-refractivity contribution in [2.75, 3.05) is 18.5 Å². The molecule has 0 unspecified atom stereocenters. The molecule has 0 radical (unpaired) electrons. The van der Waals surface area contributed by atoms with E-state index in [0.717, 1.165) is 54.6 Å². The molecule has 1 aromatic carbocycles. The summed E-state index contributed by atoms with van der Waals surface area (Å²) in [5.41, 5.74) is 2.09. The predicted octanol–water partition coefficient (Wildman–Crippen LogP) is 1.70. The van der Waals surface area contributed by atoms with Gasteiger partial charge in [0.15, 0.2) is 11.6 Å². The third-order valence-corrected chi connectivity index (χ3v) is 3.53. The lowest BCUT2D eigenvalue weighted by molar-refractivity contribution is 0.324. The van der Waals surface area contributed by atoms with E-state index in [2.05, 4.69) is 26.1 Å². The van der Waals surface area contributed by atoms with Crippen LogP contribution in [0.5, 0.6) is 5.75 Å². The zero-order valence-electron chi connectivity index (χ0n) is 10.0. The highest BCUT2D eigenvalue weighted by molar-refractivity contribution is 5.75. The van der Waals surface area contributed by atoms with Crippen LogP contribution in [0.3, 0.4) is 0 Å². The Labute approximate surface area is 105 Å². The van der Waals surface area contributed by atoms with Gasteiger partial charge in [0.05, 0.1) is 11.3 Å². The van der Waals surface area contributed by atoms with E-state index in [0.29, 0.717) is 6.61 Å². The number of benzene rings is 1. The zero-order chi connectivity index (χ0) is 11.9. The largest absolute Gasteiger partial charge is 0.489 e. The average molecular weight is 242 g/mol. The van der Waals surface area contributed by atoms with E-state index in [-0.39, 0.29) is 0 Å². The van der Waals surface area contributed by atoms with Crippen molar-refractivity contribution in [3.05, 3.63) is 24.0 Å². The molecule has 0 atom stereocenters. The molecule has 92 valence electrons. The number of nitrogens with zero attached hydrogens (tertiary/aromatic N) is 3. The molecule has 18 heavy (non-hydrogen) atoms. The molecule has 1 N–H and O–H groups in total. The summed E-state index contributed by atoms with van der Waals surface area (Å²) in [6.07, 6.45) is 2.19. The lowest BCUT2D eigenvalue weighted by Crippen LogP contribution is -2.18. The molecule has 0 aliphatic carbocycles. The molecule has 2 aliphatic heterocycles. The minimum absolute atomic E-state index is 0.699. The van der Waals surface area contributed by atoms with Crippen LogP contribution in [0, 0.1) is 0 Å². The Morgan fingerprint density at radius 1 is 1.28 bits per heavy atom. The Morgan fingerprint density at radius 3 is 3.28 bits per heavy atom. The first-order valence-electron chi connectivity index (χ1n) is 6.35. The normalized spacial score (nSPS) is 16.7. The summed E-state index contributed by atoms with van der Waals surface area (Å²) >= 11 is 0. The molecule has 0 amide bonds. The summed E-state index contributed by atoms with van der Waals surface area (Å²) in [4.78, 5) is 0. The van der Waals surface area contributed by atoms with Gasteiger partial charge in [-0.25, -0.2) is 0 Å². The zero-order valence-corrected chi connectivity index (χ0v) is 10.0. The number of aromatic nitrogens is 3. The second kappa shape index (κ2) is 3.73. The molecular weight excluding hydrogens is 228 g/mol. The Hall–Kier alpha value is -2.04. The van der Waals surface area contributed by atoms with Crippen LogP contribution in [0.1, 0.15) is 12.2 Å². The number of rotatable bonds is 1. The molecule has 5 nitrogen and oxygen atoms in total. The van der Waals surface area contributed by atoms with Crippen LogP contribution in [-0.4, -0.2) is 27.9 Å². The molecule has 4 rings (SSSR count). The van der Waals surface area contributed by atoms with E-state index < -0.39 is 0 Å². The van der Waals surface area contributed by atoms with Crippen molar-refractivity contribution in [2.45, 2.75) is 19.4 Å². The third-order valence-electron chi connectivity index (χ3n) is 3.53. The van der Waals surface area contributed by atoms with Crippen LogP contribution in [-0.2, 0) is 13.0 Å². The molecule has 5 heteroatoms. The molecule has 0 spiro atoms. The van der Waals surface area contributed by atoms with E-state index >= 15 is 0 Å². The van der Waals surface area contributed by atoms with Crippen molar-refractivity contribution < 1.29 is 4.74 Å². The van der Waals surface area contributed by atoms with Gasteiger partial charge in [-0.05, 0) is 18.6 Å². The van der Waals surface area contributed by atoms with Gasteiger partial charge >= 0.3 is 0 Å². The Morgan fingerprint density at radius 2 is 2.28 bits per heavy atom. The van der Waals surface area contributed by atoms with Crippen molar-refractivity contribution in [1.29, 1.82) is 0 Å². The van der Waals surface area contributed by atoms with Crippen molar-refractivity contribution >= 4 is 5.69 Å². The topological polar surface area (TPSA) is 52.0 Å². The number of aryl methyl sites for hydroxylation is 1. The van der Waals surface area contributed by atoms with Gasteiger partial charge in [-0.2, -0.15) is 0 Å². The first kappa shape index (κ1) is 9.94. The van der Waals surface area contributed by atoms with Crippen LogP contribution in [0.25, 0.3) is 11.4 Å². The standard InChI is InChI=1S/C13H14N4O/c1-3-9(12-10(4-1)14-6-8-18-12)13-16-15-11-5-2-7-17(11)13/h1,3-4,14H,2,5-8H2. The Bertz CT molecular complexity index is 605. The van der Waals surface area contributed by atoms with E-state index in [1.807, 2.05) is 12.1 Å². The Balaban J connectivity index is 1.89. The van der Waals surface area contributed by atoms with Crippen molar-refractivity contribution in [1.82, 2.24) is 14.8 Å². The quantitative estimate of drug-likeness (QED) is 0.827. The molecule has 2 aliphatic rings. The van der Waals surface area contributed by atoms with Crippen LogP contribution in [0.15, 0.2) is 18.2 Å². The molecule has 0 saturated carbocycles. The van der Waals surface area contributed by atoms with E-state index in [1.165, 1.54) is 0 Å². The van der Waals surface area contributed by atoms with E-state index in [9.17, 15) is 0 Å². The monoisotopic (exact) mass is 242 g/mol. The van der Waals surface area contributed by atoms with Gasteiger partial charge in [-0.3, -0.25) is 0 Å². The molecule has 2 aromatic rings. The number of hydrogen-bond donors (Lipinski definition) is 1. The van der Waals surface area contributed by atoms with Gasteiger partial charge < -0.3 is 14.6 Å². The fourth-order valence-corrected chi connectivity index (χ4v) is 2.70. The minimum atomic E-state index is 0.699. The maximum absolute atomic E-state index is 5.79.